The van der Waals surface area contributed by atoms with Gasteiger partial charge in [-0.15, -0.1) is 0 Å². The first-order valence-electron chi connectivity index (χ1n) is 12.7. The molecule has 0 amide bonds. The number of carbonyl (C=O) groups excluding carboxylic acids is 2. The van der Waals surface area contributed by atoms with Gasteiger partial charge < -0.3 is 27.9 Å². The van der Waals surface area contributed by atoms with Crippen molar-refractivity contribution in [3.05, 3.63) is 0 Å². The molecule has 202 valence electrons. The van der Waals surface area contributed by atoms with Crippen LogP contribution in [0.25, 0.3) is 0 Å². The van der Waals surface area contributed by atoms with E-state index in [2.05, 4.69) is 13.8 Å². The quantitative estimate of drug-likeness (QED) is 0.0915. The van der Waals surface area contributed by atoms with Crippen molar-refractivity contribution in [2.24, 2.45) is 0 Å². The first-order valence-corrected chi connectivity index (χ1v) is 14.2. The number of carbonyl (C=O) groups is 2. The van der Waals surface area contributed by atoms with Crippen LogP contribution in [0.1, 0.15) is 90.9 Å². The Morgan fingerprint density at radius 2 is 1.32 bits per heavy atom. The summed E-state index contributed by atoms with van der Waals surface area (Å²) in [5.74, 6) is -0.867. The van der Waals surface area contributed by atoms with Gasteiger partial charge >= 0.3 is 11.9 Å². The maximum atomic E-state index is 12.2. The first kappa shape index (κ1) is 33.0. The zero-order chi connectivity index (χ0) is 25.9. The summed E-state index contributed by atoms with van der Waals surface area (Å²) in [6.07, 6.45) is 9.39. The molecule has 2 atom stereocenters. The van der Waals surface area contributed by atoms with Gasteiger partial charge in [-0.1, -0.05) is 65.2 Å². The van der Waals surface area contributed by atoms with Crippen molar-refractivity contribution in [2.75, 3.05) is 47.5 Å². The minimum atomic E-state index is -4.58. The smallest absolute Gasteiger partial charge is 0.306 e. The maximum Gasteiger partial charge on any atom is 0.306 e. The number of nitrogens with zero attached hydrogens (tertiary/aromatic N) is 1. The minimum absolute atomic E-state index is 0.0283. The molecule has 0 radical (unpaired) electrons. The van der Waals surface area contributed by atoms with Gasteiger partial charge in [-0.05, 0) is 12.8 Å². The van der Waals surface area contributed by atoms with Crippen LogP contribution in [-0.2, 0) is 32.7 Å². The second kappa shape index (κ2) is 19.2. The van der Waals surface area contributed by atoms with E-state index in [9.17, 15) is 19.0 Å². The van der Waals surface area contributed by atoms with Crippen LogP contribution in [0, 0.1) is 0 Å². The number of ether oxygens (including phenoxy) is 2. The van der Waals surface area contributed by atoms with Crippen LogP contribution in [0.4, 0.5) is 0 Å². The lowest BCUT2D eigenvalue weighted by Crippen LogP contribution is -2.37. The molecule has 0 N–H and O–H groups in total. The van der Waals surface area contributed by atoms with Crippen molar-refractivity contribution < 1.29 is 42.1 Å². The highest BCUT2D eigenvalue weighted by Crippen LogP contribution is 2.38. The second-order valence-corrected chi connectivity index (χ2v) is 11.1. The molecule has 0 heterocycles. The number of hydrogen-bond acceptors (Lipinski definition) is 8. The fourth-order valence-corrected chi connectivity index (χ4v) is 3.73. The van der Waals surface area contributed by atoms with E-state index in [1.807, 2.05) is 21.1 Å². The third-order valence-corrected chi connectivity index (χ3v) is 6.09. The molecule has 2 unspecified atom stereocenters. The van der Waals surface area contributed by atoms with E-state index in [-0.39, 0.29) is 26.1 Å². The third kappa shape index (κ3) is 21.5. The lowest BCUT2D eigenvalue weighted by Gasteiger charge is -2.28. The van der Waals surface area contributed by atoms with Crippen molar-refractivity contribution in [1.29, 1.82) is 0 Å². The van der Waals surface area contributed by atoms with Gasteiger partial charge in [-0.2, -0.15) is 0 Å². The fourth-order valence-electron chi connectivity index (χ4n) is 3.00. The zero-order valence-electron chi connectivity index (χ0n) is 22.1. The first-order chi connectivity index (χ1) is 16.0. The molecule has 0 bridgehead atoms. The summed E-state index contributed by atoms with van der Waals surface area (Å²) in [6.45, 7) is 3.97. The van der Waals surface area contributed by atoms with Crippen molar-refractivity contribution >= 4 is 19.8 Å². The number of likely N-dealkylation sites (N-methyl/N-ethyl adjacent to an activating group) is 1. The molecule has 0 spiro atoms. The second-order valence-electron chi connectivity index (χ2n) is 9.71. The minimum Gasteiger partial charge on any atom is -0.756 e. The summed E-state index contributed by atoms with van der Waals surface area (Å²) in [6, 6.07) is 0. The van der Waals surface area contributed by atoms with Crippen molar-refractivity contribution in [2.45, 2.75) is 97.0 Å². The molecule has 0 aliphatic carbocycles. The number of unbranched alkanes of at least 4 members (excludes halogenated alkanes) is 8. The largest absolute Gasteiger partial charge is 0.756 e. The Bertz CT molecular complexity index is 594. The van der Waals surface area contributed by atoms with Gasteiger partial charge in [0.1, 0.15) is 19.8 Å². The lowest BCUT2D eigenvalue weighted by atomic mass is 10.1. The van der Waals surface area contributed by atoms with Crippen LogP contribution >= 0.6 is 7.82 Å². The molecule has 0 fully saturated rings. The molecule has 0 aromatic carbocycles. The predicted octanol–water partition coefficient (Wildman–Crippen LogP) is 4.37. The van der Waals surface area contributed by atoms with Crippen LogP contribution in [0.3, 0.4) is 0 Å². The number of quaternary nitrogens is 1. The van der Waals surface area contributed by atoms with E-state index < -0.39 is 32.5 Å². The Labute approximate surface area is 206 Å². The molecule has 10 heteroatoms. The molecule has 0 saturated carbocycles. The van der Waals surface area contributed by atoms with Gasteiger partial charge in [-0.3, -0.25) is 14.2 Å². The van der Waals surface area contributed by atoms with E-state index in [0.29, 0.717) is 17.4 Å². The Balaban J connectivity index is 4.62. The van der Waals surface area contributed by atoms with E-state index in [0.717, 1.165) is 57.8 Å². The SMILES string of the molecule is CCCCCCCC(=O)OCC(COP(=O)([O-])OCC[N+](C)(C)C)OC(=O)CCCCCCC. The van der Waals surface area contributed by atoms with Crippen molar-refractivity contribution in [3.63, 3.8) is 0 Å². The van der Waals surface area contributed by atoms with E-state index in [4.69, 9.17) is 18.5 Å². The van der Waals surface area contributed by atoms with Crippen LogP contribution in [0.2, 0.25) is 0 Å². The normalized spacial score (nSPS) is 14.4. The van der Waals surface area contributed by atoms with Gasteiger partial charge in [0.05, 0.1) is 27.7 Å². The van der Waals surface area contributed by atoms with E-state index in [1.54, 1.807) is 0 Å². The summed E-state index contributed by atoms with van der Waals surface area (Å²) in [4.78, 5) is 36.3. The molecule has 0 rings (SSSR count). The monoisotopic (exact) mass is 509 g/mol. The van der Waals surface area contributed by atoms with Crippen molar-refractivity contribution in [1.82, 2.24) is 0 Å². The zero-order valence-corrected chi connectivity index (χ0v) is 22.9. The highest BCUT2D eigenvalue weighted by molar-refractivity contribution is 7.45. The number of rotatable bonds is 22. The number of esters is 2. The van der Waals surface area contributed by atoms with Crippen molar-refractivity contribution in [3.8, 4) is 0 Å². The number of phosphoric acid groups is 1. The van der Waals surface area contributed by atoms with Gasteiger partial charge in [0.25, 0.3) is 7.82 Å². The van der Waals surface area contributed by atoms with Gasteiger partial charge in [0.15, 0.2) is 6.10 Å². The summed E-state index contributed by atoms with van der Waals surface area (Å²) in [5, 5.41) is 0. The highest BCUT2D eigenvalue weighted by Gasteiger charge is 2.21. The number of phosphoric ester groups is 1. The Hall–Kier alpha value is -0.990. The Morgan fingerprint density at radius 3 is 1.85 bits per heavy atom. The molecular weight excluding hydrogens is 461 g/mol. The fraction of sp³-hybridized carbons (Fsp3) is 0.917. The molecular formula is C24H48NO8P. The standard InChI is InChI=1S/C24H48NO8P/c1-6-8-10-12-14-16-23(26)30-20-22(33-24(27)17-15-13-11-9-7-2)21-32-34(28,29)31-19-18-25(3,4)5/h22H,6-21H2,1-5H3. The summed E-state index contributed by atoms with van der Waals surface area (Å²) < 4.78 is 33.0. The van der Waals surface area contributed by atoms with Gasteiger partial charge in [0, 0.05) is 12.8 Å². The van der Waals surface area contributed by atoms with Crippen LogP contribution in [-0.4, -0.2) is 70.0 Å². The summed E-state index contributed by atoms with van der Waals surface area (Å²) in [5.41, 5.74) is 0. The third-order valence-electron chi connectivity index (χ3n) is 5.13. The summed E-state index contributed by atoms with van der Waals surface area (Å²) >= 11 is 0. The average molecular weight is 510 g/mol. The maximum absolute atomic E-state index is 12.2. The molecule has 0 aliphatic heterocycles. The molecule has 9 nitrogen and oxygen atoms in total. The van der Waals surface area contributed by atoms with Gasteiger partial charge in [0.2, 0.25) is 0 Å². The highest BCUT2D eigenvalue weighted by atomic mass is 31.2. The lowest BCUT2D eigenvalue weighted by molar-refractivity contribution is -0.870. The summed E-state index contributed by atoms with van der Waals surface area (Å²) in [7, 11) is 1.16. The Kier molecular flexibility index (Phi) is 18.7. The average Bonchev–Trinajstić information content (AvgIpc) is 2.74. The topological polar surface area (TPSA) is 111 Å². The van der Waals surface area contributed by atoms with E-state index in [1.165, 1.54) is 0 Å². The van der Waals surface area contributed by atoms with Gasteiger partial charge in [-0.25, -0.2) is 0 Å². The van der Waals surface area contributed by atoms with Crippen LogP contribution < -0.4 is 4.89 Å². The number of hydrogen-bond donors (Lipinski definition) is 0. The molecule has 34 heavy (non-hydrogen) atoms. The van der Waals surface area contributed by atoms with Crippen LogP contribution in [0.5, 0.6) is 0 Å². The predicted molar refractivity (Wildman–Crippen MR) is 130 cm³/mol. The molecule has 0 aromatic heterocycles. The Morgan fingerprint density at radius 1 is 0.794 bits per heavy atom. The van der Waals surface area contributed by atoms with Crippen LogP contribution in [0.15, 0.2) is 0 Å². The molecule has 0 saturated heterocycles. The molecule has 0 aromatic rings. The van der Waals surface area contributed by atoms with E-state index >= 15 is 0 Å². The molecule has 0 aliphatic rings.